The summed E-state index contributed by atoms with van der Waals surface area (Å²) in [5, 5.41) is 17.0. The molecule has 0 aliphatic rings. The maximum absolute atomic E-state index is 12.9. The molecule has 0 atom stereocenters. The van der Waals surface area contributed by atoms with Gasteiger partial charge < -0.3 is 14.6 Å². The van der Waals surface area contributed by atoms with Crippen LogP contribution in [0.5, 0.6) is 17.2 Å². The van der Waals surface area contributed by atoms with Crippen molar-refractivity contribution in [1.29, 1.82) is 0 Å². The van der Waals surface area contributed by atoms with Crippen LogP contribution in [0.4, 0.5) is 13.2 Å². The third kappa shape index (κ3) is 4.33. The van der Waals surface area contributed by atoms with Gasteiger partial charge in [0.2, 0.25) is 0 Å². The third-order valence-electron chi connectivity index (χ3n) is 4.15. The highest BCUT2D eigenvalue weighted by Crippen LogP contribution is 2.32. The summed E-state index contributed by atoms with van der Waals surface area (Å²) in [6.45, 7) is 2.99. The highest BCUT2D eigenvalue weighted by Gasteiger charge is 2.33. The number of tetrazole rings is 1. The molecule has 8 nitrogen and oxygen atoms in total. The van der Waals surface area contributed by atoms with Gasteiger partial charge >= 0.3 is 12.1 Å². The second-order valence-electron chi connectivity index (χ2n) is 6.29. The Kier molecular flexibility index (Phi) is 5.23. The maximum Gasteiger partial charge on any atom is 0.573 e. The number of hydrogen-bond acceptors (Lipinski definition) is 6. The number of ether oxygens (including phenoxy) is 2. The molecule has 3 aromatic rings. The molecule has 0 saturated heterocycles. The SMILES string of the molecule is Cc1cc(OCc2c(OC(F)(F)F)cccc2-n2nnn(C)c2=O)c(C)cc1O. The van der Waals surface area contributed by atoms with Crippen LogP contribution in [0.15, 0.2) is 35.1 Å². The molecule has 0 spiro atoms. The van der Waals surface area contributed by atoms with E-state index < -0.39 is 17.8 Å². The fourth-order valence-corrected chi connectivity index (χ4v) is 2.66. The molecule has 2 aromatic carbocycles. The Morgan fingerprint density at radius 1 is 1.10 bits per heavy atom. The minimum Gasteiger partial charge on any atom is -0.508 e. The van der Waals surface area contributed by atoms with E-state index in [0.717, 1.165) is 15.4 Å². The Morgan fingerprint density at radius 3 is 2.45 bits per heavy atom. The van der Waals surface area contributed by atoms with Crippen molar-refractivity contribution in [3.63, 3.8) is 0 Å². The quantitative estimate of drug-likeness (QED) is 0.696. The molecule has 0 amide bonds. The van der Waals surface area contributed by atoms with Crippen molar-refractivity contribution in [3.8, 4) is 22.9 Å². The molecule has 154 valence electrons. The summed E-state index contributed by atoms with van der Waals surface area (Å²) in [6, 6.07) is 6.87. The molecule has 1 heterocycles. The Hall–Kier alpha value is -3.50. The number of nitrogens with zero attached hydrogens (tertiary/aromatic N) is 4. The molecule has 0 bridgehead atoms. The summed E-state index contributed by atoms with van der Waals surface area (Å²) in [5.41, 5.74) is 0.471. The van der Waals surface area contributed by atoms with Crippen LogP contribution in [0, 0.1) is 13.8 Å². The Labute approximate surface area is 162 Å². The predicted molar refractivity (Wildman–Crippen MR) is 95.2 cm³/mol. The normalized spacial score (nSPS) is 11.5. The topological polar surface area (TPSA) is 91.4 Å². The molecule has 0 unspecified atom stereocenters. The van der Waals surface area contributed by atoms with Gasteiger partial charge in [-0.3, -0.25) is 0 Å². The molecular formula is C18H17F3N4O4. The first kappa shape index (κ1) is 20.2. The summed E-state index contributed by atoms with van der Waals surface area (Å²) in [4.78, 5) is 12.2. The van der Waals surface area contributed by atoms with Gasteiger partial charge in [-0.15, -0.1) is 13.2 Å². The van der Waals surface area contributed by atoms with E-state index in [0.29, 0.717) is 16.9 Å². The predicted octanol–water partition coefficient (Wildman–Crippen LogP) is 2.77. The van der Waals surface area contributed by atoms with E-state index in [1.165, 1.54) is 25.2 Å². The fraction of sp³-hybridized carbons (Fsp3) is 0.278. The van der Waals surface area contributed by atoms with Crippen molar-refractivity contribution >= 4 is 0 Å². The van der Waals surface area contributed by atoms with Crippen LogP contribution in [0.3, 0.4) is 0 Å². The Balaban J connectivity index is 2.06. The van der Waals surface area contributed by atoms with E-state index in [1.54, 1.807) is 19.9 Å². The second kappa shape index (κ2) is 7.49. The minimum absolute atomic E-state index is 0.0398. The van der Waals surface area contributed by atoms with Crippen molar-refractivity contribution in [3.05, 3.63) is 57.5 Å². The second-order valence-corrected chi connectivity index (χ2v) is 6.29. The van der Waals surface area contributed by atoms with E-state index in [2.05, 4.69) is 15.2 Å². The van der Waals surface area contributed by atoms with Gasteiger partial charge in [-0.25, -0.2) is 4.79 Å². The summed E-state index contributed by atoms with van der Waals surface area (Å²) in [5.74, 6) is -0.0947. The number of phenols is 1. The number of phenolic OH excluding ortho intramolecular Hbond substituents is 1. The first-order chi connectivity index (χ1) is 13.6. The first-order valence-electron chi connectivity index (χ1n) is 8.37. The number of aromatic hydroxyl groups is 1. The van der Waals surface area contributed by atoms with Gasteiger partial charge in [-0.2, -0.15) is 9.36 Å². The van der Waals surface area contributed by atoms with Gasteiger partial charge in [0.1, 0.15) is 23.9 Å². The molecule has 0 radical (unpaired) electrons. The average molecular weight is 410 g/mol. The average Bonchev–Trinajstić information content (AvgIpc) is 2.95. The number of hydrogen-bond donors (Lipinski definition) is 1. The zero-order chi connectivity index (χ0) is 21.3. The zero-order valence-electron chi connectivity index (χ0n) is 15.7. The largest absolute Gasteiger partial charge is 0.573 e. The summed E-state index contributed by atoms with van der Waals surface area (Å²) in [6.07, 6.45) is -4.94. The van der Waals surface area contributed by atoms with Crippen molar-refractivity contribution < 1.29 is 27.8 Å². The van der Waals surface area contributed by atoms with E-state index in [9.17, 15) is 23.1 Å². The Bertz CT molecular complexity index is 1110. The van der Waals surface area contributed by atoms with Crippen molar-refractivity contribution in [2.75, 3.05) is 0 Å². The van der Waals surface area contributed by atoms with Gasteiger partial charge in [-0.1, -0.05) is 6.07 Å². The lowest BCUT2D eigenvalue weighted by Crippen LogP contribution is -2.24. The standard InChI is InChI=1S/C18H17F3N4O4/c1-10-8-16(11(2)7-14(10)26)28-9-12-13(25-17(27)24(3)22-23-25)5-4-6-15(12)29-18(19,20)21/h4-8,26H,9H2,1-3H3. The first-order valence-corrected chi connectivity index (χ1v) is 8.37. The number of aromatic nitrogens is 4. The molecule has 0 aliphatic heterocycles. The third-order valence-corrected chi connectivity index (χ3v) is 4.15. The molecular weight excluding hydrogens is 393 g/mol. The molecule has 11 heteroatoms. The van der Waals surface area contributed by atoms with Gasteiger partial charge in [0.05, 0.1) is 11.3 Å². The number of benzene rings is 2. The van der Waals surface area contributed by atoms with Crippen molar-refractivity contribution in [1.82, 2.24) is 19.8 Å². The lowest BCUT2D eigenvalue weighted by molar-refractivity contribution is -0.275. The van der Waals surface area contributed by atoms with E-state index in [1.807, 2.05) is 0 Å². The zero-order valence-corrected chi connectivity index (χ0v) is 15.7. The van der Waals surface area contributed by atoms with E-state index >= 15 is 0 Å². The highest BCUT2D eigenvalue weighted by molar-refractivity contribution is 5.50. The summed E-state index contributed by atoms with van der Waals surface area (Å²) >= 11 is 0. The number of rotatable bonds is 5. The molecule has 0 saturated carbocycles. The van der Waals surface area contributed by atoms with Crippen LogP contribution >= 0.6 is 0 Å². The summed E-state index contributed by atoms with van der Waals surface area (Å²) in [7, 11) is 1.36. The van der Waals surface area contributed by atoms with Crippen LogP contribution in [0.25, 0.3) is 5.69 Å². The number of aryl methyl sites for hydroxylation is 3. The molecule has 3 rings (SSSR count). The smallest absolute Gasteiger partial charge is 0.508 e. The van der Waals surface area contributed by atoms with E-state index in [4.69, 9.17) is 4.74 Å². The maximum atomic E-state index is 12.9. The van der Waals surface area contributed by atoms with Gasteiger partial charge in [0.25, 0.3) is 0 Å². The monoisotopic (exact) mass is 410 g/mol. The van der Waals surface area contributed by atoms with Crippen LogP contribution in [-0.2, 0) is 13.7 Å². The van der Waals surface area contributed by atoms with Crippen LogP contribution in [0.2, 0.25) is 0 Å². The van der Waals surface area contributed by atoms with E-state index in [-0.39, 0.29) is 23.6 Å². The highest BCUT2D eigenvalue weighted by atomic mass is 19.4. The van der Waals surface area contributed by atoms with Crippen molar-refractivity contribution in [2.45, 2.75) is 26.8 Å². The fourth-order valence-electron chi connectivity index (χ4n) is 2.66. The molecule has 29 heavy (non-hydrogen) atoms. The summed E-state index contributed by atoms with van der Waals surface area (Å²) < 4.78 is 50.2. The van der Waals surface area contributed by atoms with Crippen LogP contribution in [0.1, 0.15) is 16.7 Å². The minimum atomic E-state index is -4.94. The van der Waals surface area contributed by atoms with Gasteiger partial charge in [0, 0.05) is 7.05 Å². The lowest BCUT2D eigenvalue weighted by atomic mass is 10.1. The van der Waals surface area contributed by atoms with Crippen LogP contribution in [-0.4, -0.2) is 31.3 Å². The van der Waals surface area contributed by atoms with Gasteiger partial charge in [0.15, 0.2) is 0 Å². The number of alkyl halides is 3. The molecule has 1 aromatic heterocycles. The van der Waals surface area contributed by atoms with Gasteiger partial charge in [-0.05, 0) is 59.7 Å². The molecule has 0 aliphatic carbocycles. The number of halogens is 3. The van der Waals surface area contributed by atoms with Crippen LogP contribution < -0.4 is 15.2 Å². The molecule has 1 N–H and O–H groups in total. The Morgan fingerprint density at radius 2 is 1.83 bits per heavy atom. The van der Waals surface area contributed by atoms with Crippen molar-refractivity contribution in [2.24, 2.45) is 7.05 Å². The molecule has 0 fully saturated rings. The lowest BCUT2D eigenvalue weighted by Gasteiger charge is -2.17.